The normalized spacial score (nSPS) is 21.9. The molecule has 1 aliphatic heterocycles. The van der Waals surface area contributed by atoms with E-state index in [1.165, 1.54) is 10.6 Å². The van der Waals surface area contributed by atoms with Crippen LogP contribution in [0.5, 0.6) is 0 Å². The van der Waals surface area contributed by atoms with Gasteiger partial charge in [0, 0.05) is 24.9 Å². The molecule has 1 saturated heterocycles. The van der Waals surface area contributed by atoms with E-state index >= 15 is 0 Å². The first-order valence-corrected chi connectivity index (χ1v) is 8.40. The number of carbonyl (C=O) groups is 1. The molecule has 1 aliphatic rings. The third kappa shape index (κ3) is 3.33. The molecule has 2 heterocycles. The molecular weight excluding hydrogens is 274 g/mol. The third-order valence-electron chi connectivity index (χ3n) is 3.07. The summed E-state index contributed by atoms with van der Waals surface area (Å²) in [6.07, 6.45) is 3.24. The molecular formula is C10H15N3O3S2. The third-order valence-corrected chi connectivity index (χ3v) is 4.84. The molecule has 0 aromatic carbocycles. The Morgan fingerprint density at radius 2 is 2.39 bits per heavy atom. The van der Waals surface area contributed by atoms with E-state index in [1.54, 1.807) is 5.38 Å². The van der Waals surface area contributed by atoms with Gasteiger partial charge in [0.05, 0.1) is 6.26 Å². The maximum Gasteiger partial charge on any atom is 0.211 e. The van der Waals surface area contributed by atoms with Crippen molar-refractivity contribution in [1.29, 1.82) is 0 Å². The minimum Gasteiger partial charge on any atom is -0.292 e. The Morgan fingerprint density at radius 3 is 3.00 bits per heavy atom. The highest BCUT2D eigenvalue weighted by Crippen LogP contribution is 2.22. The fraction of sp³-hybridized carbons (Fsp3) is 0.700. The number of ketones is 1. The molecule has 1 fully saturated rings. The zero-order valence-corrected chi connectivity index (χ0v) is 11.7. The van der Waals surface area contributed by atoms with Crippen LogP contribution in [0.15, 0.2) is 5.38 Å². The van der Waals surface area contributed by atoms with E-state index in [2.05, 4.69) is 9.59 Å². The number of carbonyl (C=O) groups excluding carboxylic acids is 1. The van der Waals surface area contributed by atoms with Crippen LogP contribution < -0.4 is 0 Å². The zero-order chi connectivity index (χ0) is 13.2. The van der Waals surface area contributed by atoms with Crippen LogP contribution >= 0.6 is 11.5 Å². The van der Waals surface area contributed by atoms with Gasteiger partial charge in [0.2, 0.25) is 10.0 Å². The zero-order valence-electron chi connectivity index (χ0n) is 10.1. The summed E-state index contributed by atoms with van der Waals surface area (Å²) in [6.45, 7) is 0.990. The largest absolute Gasteiger partial charge is 0.292 e. The molecule has 0 radical (unpaired) electrons. The topological polar surface area (TPSA) is 80.2 Å². The quantitative estimate of drug-likeness (QED) is 0.765. The molecule has 2 rings (SSSR count). The number of hydrogen-bond acceptors (Lipinski definition) is 6. The van der Waals surface area contributed by atoms with Crippen molar-refractivity contribution < 1.29 is 13.2 Å². The fourth-order valence-electron chi connectivity index (χ4n) is 2.15. The number of sulfonamides is 1. The van der Waals surface area contributed by atoms with Crippen molar-refractivity contribution in [1.82, 2.24) is 13.9 Å². The first-order valence-electron chi connectivity index (χ1n) is 5.72. The van der Waals surface area contributed by atoms with Crippen LogP contribution in [-0.2, 0) is 10.0 Å². The van der Waals surface area contributed by atoms with E-state index in [4.69, 9.17) is 0 Å². The molecule has 1 aromatic rings. The van der Waals surface area contributed by atoms with Crippen molar-refractivity contribution in [3.8, 4) is 0 Å². The summed E-state index contributed by atoms with van der Waals surface area (Å²) in [5, 5.41) is 5.36. The highest BCUT2D eigenvalue weighted by molar-refractivity contribution is 7.88. The SMILES string of the molecule is CS(=O)(=O)N1CCCC(CC(=O)c2csnn2)C1. The second kappa shape index (κ2) is 5.41. The summed E-state index contributed by atoms with van der Waals surface area (Å²) >= 11 is 1.15. The summed E-state index contributed by atoms with van der Waals surface area (Å²) in [7, 11) is -3.15. The molecule has 0 bridgehead atoms. The smallest absolute Gasteiger partial charge is 0.211 e. The predicted molar refractivity (Wildman–Crippen MR) is 68.0 cm³/mol. The van der Waals surface area contributed by atoms with E-state index in [9.17, 15) is 13.2 Å². The molecule has 0 N–H and O–H groups in total. The lowest BCUT2D eigenvalue weighted by Crippen LogP contribution is -2.39. The van der Waals surface area contributed by atoms with E-state index < -0.39 is 10.0 Å². The Balaban J connectivity index is 1.96. The first kappa shape index (κ1) is 13.6. The molecule has 18 heavy (non-hydrogen) atoms. The lowest BCUT2D eigenvalue weighted by molar-refractivity contribution is 0.0937. The minimum absolute atomic E-state index is 0.0518. The average Bonchev–Trinajstić information content (AvgIpc) is 2.81. The molecule has 0 saturated carbocycles. The van der Waals surface area contributed by atoms with Gasteiger partial charge in [0.25, 0.3) is 0 Å². The summed E-state index contributed by atoms with van der Waals surface area (Å²) in [5.74, 6) is 0.0341. The minimum atomic E-state index is -3.15. The summed E-state index contributed by atoms with van der Waals surface area (Å²) < 4.78 is 28.0. The second-order valence-electron chi connectivity index (χ2n) is 4.55. The van der Waals surface area contributed by atoms with E-state index in [0.29, 0.717) is 25.2 Å². The van der Waals surface area contributed by atoms with Gasteiger partial charge >= 0.3 is 0 Å². The number of piperidine rings is 1. The average molecular weight is 289 g/mol. The van der Waals surface area contributed by atoms with Crippen molar-refractivity contribution in [2.24, 2.45) is 5.92 Å². The van der Waals surface area contributed by atoms with Gasteiger partial charge in [0.15, 0.2) is 5.78 Å². The number of rotatable bonds is 4. The molecule has 8 heteroatoms. The molecule has 0 amide bonds. The van der Waals surface area contributed by atoms with Crippen LogP contribution in [0.25, 0.3) is 0 Å². The number of hydrogen-bond donors (Lipinski definition) is 0. The molecule has 1 atom stereocenters. The van der Waals surface area contributed by atoms with Crippen molar-refractivity contribution in [2.45, 2.75) is 19.3 Å². The van der Waals surface area contributed by atoms with Crippen LogP contribution in [0.2, 0.25) is 0 Å². The molecule has 0 spiro atoms. The molecule has 1 unspecified atom stereocenters. The monoisotopic (exact) mass is 289 g/mol. The van der Waals surface area contributed by atoms with Gasteiger partial charge < -0.3 is 0 Å². The summed E-state index contributed by atoms with van der Waals surface area (Å²) in [6, 6.07) is 0. The van der Waals surface area contributed by atoms with Crippen LogP contribution in [0, 0.1) is 5.92 Å². The lowest BCUT2D eigenvalue weighted by atomic mass is 9.93. The van der Waals surface area contributed by atoms with Gasteiger partial charge in [-0.15, -0.1) is 5.10 Å². The van der Waals surface area contributed by atoms with Crippen molar-refractivity contribution in [3.63, 3.8) is 0 Å². The maximum absolute atomic E-state index is 11.9. The maximum atomic E-state index is 11.9. The van der Waals surface area contributed by atoms with Crippen LogP contribution in [-0.4, -0.2) is 47.4 Å². The standard InChI is InChI=1S/C10H15N3O3S2/c1-18(15,16)13-4-2-3-8(6-13)5-10(14)9-7-17-12-11-9/h7-8H,2-6H2,1H3. The Morgan fingerprint density at radius 1 is 1.61 bits per heavy atom. The summed E-state index contributed by atoms with van der Waals surface area (Å²) in [4.78, 5) is 11.9. The first-order chi connectivity index (χ1) is 8.47. The Bertz CT molecular complexity index is 512. The number of Topliss-reactive ketones (excluding diaryl/α,β-unsaturated/α-hetero) is 1. The van der Waals surface area contributed by atoms with Crippen molar-refractivity contribution in [2.75, 3.05) is 19.3 Å². The predicted octanol–water partition coefficient (Wildman–Crippen LogP) is 0.783. The summed E-state index contributed by atoms with van der Waals surface area (Å²) in [5.41, 5.74) is 0.386. The van der Waals surface area contributed by atoms with Gasteiger partial charge in [-0.1, -0.05) is 4.49 Å². The highest BCUT2D eigenvalue weighted by atomic mass is 32.2. The van der Waals surface area contributed by atoms with Crippen molar-refractivity contribution >= 4 is 27.3 Å². The van der Waals surface area contributed by atoms with Crippen LogP contribution in [0.4, 0.5) is 0 Å². The number of nitrogens with zero attached hydrogens (tertiary/aromatic N) is 3. The Kier molecular flexibility index (Phi) is 4.08. The number of aromatic nitrogens is 2. The van der Waals surface area contributed by atoms with E-state index in [0.717, 1.165) is 24.4 Å². The molecule has 1 aromatic heterocycles. The van der Waals surface area contributed by atoms with Gasteiger partial charge in [-0.2, -0.15) is 0 Å². The van der Waals surface area contributed by atoms with Gasteiger partial charge in [0.1, 0.15) is 5.69 Å². The van der Waals surface area contributed by atoms with E-state index in [-0.39, 0.29) is 11.7 Å². The lowest BCUT2D eigenvalue weighted by Gasteiger charge is -2.30. The van der Waals surface area contributed by atoms with Gasteiger partial charge in [-0.25, -0.2) is 12.7 Å². The Labute approximate surface area is 110 Å². The van der Waals surface area contributed by atoms with Crippen LogP contribution in [0.1, 0.15) is 29.8 Å². The highest BCUT2D eigenvalue weighted by Gasteiger charge is 2.27. The van der Waals surface area contributed by atoms with Gasteiger partial charge in [-0.3, -0.25) is 4.79 Å². The molecule has 100 valence electrons. The second-order valence-corrected chi connectivity index (χ2v) is 7.14. The Hall–Kier alpha value is -0.860. The molecule has 0 aliphatic carbocycles. The van der Waals surface area contributed by atoms with Gasteiger partial charge in [-0.05, 0) is 30.3 Å². The fourth-order valence-corrected chi connectivity index (χ4v) is 3.55. The van der Waals surface area contributed by atoms with Crippen molar-refractivity contribution in [3.05, 3.63) is 11.1 Å². The van der Waals surface area contributed by atoms with E-state index in [1.807, 2.05) is 0 Å². The van der Waals surface area contributed by atoms with Crippen LogP contribution in [0.3, 0.4) is 0 Å². The molecule has 6 nitrogen and oxygen atoms in total.